The fraction of sp³-hybridized carbons (Fsp3) is 0.667. The van der Waals surface area contributed by atoms with Gasteiger partial charge in [-0.15, -0.1) is 0 Å². The zero-order valence-electron chi connectivity index (χ0n) is 8.77. The molecule has 1 N–H and O–H groups in total. The normalized spacial score (nSPS) is 12.7. The summed E-state index contributed by atoms with van der Waals surface area (Å²) >= 11 is 0. The lowest BCUT2D eigenvalue weighted by molar-refractivity contribution is -0.137. The van der Waals surface area contributed by atoms with Crippen molar-refractivity contribution >= 4 is 5.97 Å². The van der Waals surface area contributed by atoms with Crippen LogP contribution in [0.1, 0.15) is 25.1 Å². The van der Waals surface area contributed by atoms with Gasteiger partial charge in [0.1, 0.15) is 6.61 Å². The van der Waals surface area contributed by atoms with E-state index in [4.69, 9.17) is 14.4 Å². The standard InChI is InChI=1S/C9H14N2O4/c1-6(4-9(12)13)3-8-10-7(5-14-2)11-15-8/h6H,3-5H2,1-2H3,(H,12,13). The predicted molar refractivity (Wildman–Crippen MR) is 50.1 cm³/mol. The summed E-state index contributed by atoms with van der Waals surface area (Å²) in [6.45, 7) is 2.13. The summed E-state index contributed by atoms with van der Waals surface area (Å²) in [5.41, 5.74) is 0. The van der Waals surface area contributed by atoms with E-state index in [1.807, 2.05) is 6.92 Å². The Morgan fingerprint density at radius 2 is 2.40 bits per heavy atom. The molecule has 0 aliphatic heterocycles. The molecular weight excluding hydrogens is 200 g/mol. The van der Waals surface area contributed by atoms with E-state index >= 15 is 0 Å². The Morgan fingerprint density at radius 3 is 3.00 bits per heavy atom. The first kappa shape index (κ1) is 11.6. The average molecular weight is 214 g/mol. The third-order valence-electron chi connectivity index (χ3n) is 1.83. The molecule has 6 heteroatoms. The first-order valence-electron chi connectivity index (χ1n) is 4.64. The molecule has 0 amide bonds. The van der Waals surface area contributed by atoms with E-state index in [1.165, 1.54) is 0 Å². The Kier molecular flexibility index (Phi) is 4.23. The molecular formula is C9H14N2O4. The van der Waals surface area contributed by atoms with Gasteiger partial charge in [-0.25, -0.2) is 0 Å². The van der Waals surface area contributed by atoms with Crippen LogP contribution in [0.4, 0.5) is 0 Å². The van der Waals surface area contributed by atoms with Gasteiger partial charge in [-0.05, 0) is 5.92 Å². The monoisotopic (exact) mass is 214 g/mol. The Morgan fingerprint density at radius 1 is 1.67 bits per heavy atom. The zero-order chi connectivity index (χ0) is 11.3. The maximum atomic E-state index is 10.4. The smallest absolute Gasteiger partial charge is 0.303 e. The number of hydrogen-bond acceptors (Lipinski definition) is 5. The molecule has 0 bridgehead atoms. The number of ether oxygens (including phenoxy) is 1. The lowest BCUT2D eigenvalue weighted by atomic mass is 10.0. The molecule has 1 atom stereocenters. The minimum Gasteiger partial charge on any atom is -0.481 e. The quantitative estimate of drug-likeness (QED) is 0.756. The van der Waals surface area contributed by atoms with Crippen LogP contribution in [0.5, 0.6) is 0 Å². The van der Waals surface area contributed by atoms with Gasteiger partial charge in [-0.3, -0.25) is 4.79 Å². The van der Waals surface area contributed by atoms with E-state index in [0.29, 0.717) is 24.7 Å². The molecule has 1 unspecified atom stereocenters. The molecule has 0 saturated carbocycles. The molecule has 0 saturated heterocycles. The molecule has 84 valence electrons. The van der Waals surface area contributed by atoms with Crippen molar-refractivity contribution in [3.05, 3.63) is 11.7 Å². The lowest BCUT2D eigenvalue weighted by Gasteiger charge is -2.03. The van der Waals surface area contributed by atoms with Crippen LogP contribution in [0.3, 0.4) is 0 Å². The minimum atomic E-state index is -0.820. The summed E-state index contributed by atoms with van der Waals surface area (Å²) in [5.74, 6) is 0.100. The van der Waals surface area contributed by atoms with Crippen LogP contribution >= 0.6 is 0 Å². The molecule has 1 aromatic heterocycles. The van der Waals surface area contributed by atoms with Crippen LogP contribution in [0.15, 0.2) is 4.52 Å². The maximum absolute atomic E-state index is 10.4. The molecule has 0 spiro atoms. The highest BCUT2D eigenvalue weighted by molar-refractivity contribution is 5.66. The van der Waals surface area contributed by atoms with Gasteiger partial charge in [0.25, 0.3) is 0 Å². The summed E-state index contributed by atoms with van der Waals surface area (Å²) in [6.07, 6.45) is 0.574. The van der Waals surface area contributed by atoms with Crippen LogP contribution in [-0.4, -0.2) is 28.3 Å². The second-order valence-electron chi connectivity index (χ2n) is 3.44. The van der Waals surface area contributed by atoms with Crippen molar-refractivity contribution in [1.29, 1.82) is 0 Å². The summed E-state index contributed by atoms with van der Waals surface area (Å²) in [6, 6.07) is 0. The number of rotatable bonds is 6. The number of aromatic nitrogens is 2. The van der Waals surface area contributed by atoms with Gasteiger partial charge in [-0.2, -0.15) is 4.98 Å². The summed E-state index contributed by atoms with van der Waals surface area (Å²) < 4.78 is 9.77. The molecule has 0 fully saturated rings. The van der Waals surface area contributed by atoms with Crippen LogP contribution in [0, 0.1) is 5.92 Å². The first-order valence-corrected chi connectivity index (χ1v) is 4.64. The van der Waals surface area contributed by atoms with Crippen molar-refractivity contribution in [1.82, 2.24) is 10.1 Å². The van der Waals surface area contributed by atoms with Crippen molar-refractivity contribution in [3.8, 4) is 0 Å². The van der Waals surface area contributed by atoms with Crippen molar-refractivity contribution in [2.45, 2.75) is 26.4 Å². The van der Waals surface area contributed by atoms with E-state index in [1.54, 1.807) is 7.11 Å². The molecule has 15 heavy (non-hydrogen) atoms. The van der Waals surface area contributed by atoms with Gasteiger partial charge in [0.15, 0.2) is 5.82 Å². The van der Waals surface area contributed by atoms with E-state index in [-0.39, 0.29) is 12.3 Å². The minimum absolute atomic E-state index is 0.0154. The van der Waals surface area contributed by atoms with Crippen LogP contribution in [-0.2, 0) is 22.6 Å². The van der Waals surface area contributed by atoms with Crippen LogP contribution in [0.2, 0.25) is 0 Å². The molecule has 0 aliphatic carbocycles. The van der Waals surface area contributed by atoms with E-state index in [2.05, 4.69) is 10.1 Å². The number of aliphatic carboxylic acids is 1. The molecule has 0 aliphatic rings. The summed E-state index contributed by atoms with van der Waals surface area (Å²) in [7, 11) is 1.54. The molecule has 1 heterocycles. The number of carboxylic acids is 1. The van der Waals surface area contributed by atoms with Crippen molar-refractivity contribution in [2.24, 2.45) is 5.92 Å². The molecule has 0 radical (unpaired) electrons. The van der Waals surface area contributed by atoms with Gasteiger partial charge in [0, 0.05) is 20.0 Å². The molecule has 1 aromatic rings. The number of hydrogen-bond donors (Lipinski definition) is 1. The fourth-order valence-corrected chi connectivity index (χ4v) is 1.23. The summed E-state index contributed by atoms with van der Waals surface area (Å²) in [4.78, 5) is 14.5. The van der Waals surface area contributed by atoms with Gasteiger partial charge < -0.3 is 14.4 Å². The van der Waals surface area contributed by atoms with Gasteiger partial charge in [0.2, 0.25) is 5.89 Å². The molecule has 6 nitrogen and oxygen atoms in total. The highest BCUT2D eigenvalue weighted by Crippen LogP contribution is 2.10. The second kappa shape index (κ2) is 5.45. The predicted octanol–water partition coefficient (Wildman–Crippen LogP) is 0.869. The number of carboxylic acid groups (broad SMARTS) is 1. The topological polar surface area (TPSA) is 85.5 Å². The Labute approximate surface area is 87.2 Å². The zero-order valence-corrected chi connectivity index (χ0v) is 8.77. The van der Waals surface area contributed by atoms with Crippen molar-refractivity contribution in [3.63, 3.8) is 0 Å². The highest BCUT2D eigenvalue weighted by atomic mass is 16.5. The van der Waals surface area contributed by atoms with Crippen molar-refractivity contribution < 1.29 is 19.2 Å². The van der Waals surface area contributed by atoms with E-state index in [0.717, 1.165) is 0 Å². The van der Waals surface area contributed by atoms with Crippen LogP contribution < -0.4 is 0 Å². The number of carbonyl (C=O) groups is 1. The largest absolute Gasteiger partial charge is 0.481 e. The molecule has 1 rings (SSSR count). The number of methoxy groups -OCH3 is 1. The Bertz CT molecular complexity index is 324. The third kappa shape index (κ3) is 4.07. The summed E-state index contributed by atoms with van der Waals surface area (Å²) in [5, 5.41) is 12.2. The Balaban J connectivity index is 2.45. The lowest BCUT2D eigenvalue weighted by Crippen LogP contribution is -2.07. The van der Waals surface area contributed by atoms with Gasteiger partial charge >= 0.3 is 5.97 Å². The average Bonchev–Trinajstić information content (AvgIpc) is 2.51. The maximum Gasteiger partial charge on any atom is 0.303 e. The number of nitrogens with zero attached hydrogens (tertiary/aromatic N) is 2. The third-order valence-corrected chi connectivity index (χ3v) is 1.83. The fourth-order valence-electron chi connectivity index (χ4n) is 1.23. The van der Waals surface area contributed by atoms with Gasteiger partial charge in [-0.1, -0.05) is 12.1 Å². The Hall–Kier alpha value is -1.43. The van der Waals surface area contributed by atoms with E-state index < -0.39 is 5.97 Å². The SMILES string of the molecule is COCc1noc(CC(C)CC(=O)O)n1. The van der Waals surface area contributed by atoms with Crippen molar-refractivity contribution in [2.75, 3.05) is 7.11 Å². The second-order valence-corrected chi connectivity index (χ2v) is 3.44. The van der Waals surface area contributed by atoms with Gasteiger partial charge in [0.05, 0.1) is 0 Å². The molecule has 0 aromatic carbocycles. The first-order chi connectivity index (χ1) is 7.11. The highest BCUT2D eigenvalue weighted by Gasteiger charge is 2.13. The van der Waals surface area contributed by atoms with Crippen LogP contribution in [0.25, 0.3) is 0 Å². The van der Waals surface area contributed by atoms with E-state index in [9.17, 15) is 4.79 Å².